The van der Waals surface area contributed by atoms with Gasteiger partial charge in [0.2, 0.25) is 5.91 Å². The number of hydrogen-bond acceptors (Lipinski definition) is 5. The molecular formula is C26H31ClN4OS. The zero-order valence-corrected chi connectivity index (χ0v) is 21.2. The van der Waals surface area contributed by atoms with Crippen LogP contribution in [0.25, 0.3) is 10.1 Å². The third-order valence-corrected chi connectivity index (χ3v) is 7.97. The van der Waals surface area contributed by atoms with Crippen LogP contribution in [0.15, 0.2) is 30.3 Å². The van der Waals surface area contributed by atoms with Crippen molar-refractivity contribution >= 4 is 50.6 Å². The number of anilines is 2. The number of hydrogen-bond donors (Lipinski definition) is 0. The molecule has 1 aromatic heterocycles. The number of aryl methyl sites for hydroxylation is 1. The molecule has 2 aliphatic rings. The summed E-state index contributed by atoms with van der Waals surface area (Å²) in [4.78, 5) is 18.0. The van der Waals surface area contributed by atoms with E-state index in [-0.39, 0.29) is 35.0 Å². The topological polar surface area (TPSA) is 39.7 Å². The SMILES string of the molecule is [2H]C([2H])(c1cc2c(cc1Cl)N(C)C(=O)C2)C([2H])(C)N1C(C)CN(c2nsc3cccc(C)c23)CC1C. The molecule has 5 rings (SSSR count). The van der Waals surface area contributed by atoms with E-state index in [1.807, 2.05) is 18.7 Å². The van der Waals surface area contributed by atoms with E-state index in [0.717, 1.165) is 16.1 Å². The highest BCUT2D eigenvalue weighted by Gasteiger charge is 2.35. The number of amides is 1. The van der Waals surface area contributed by atoms with E-state index in [0.29, 0.717) is 18.8 Å². The van der Waals surface area contributed by atoms with Crippen molar-refractivity contribution in [2.24, 2.45) is 0 Å². The largest absolute Gasteiger partial charge is 0.352 e. The zero-order valence-electron chi connectivity index (χ0n) is 22.6. The van der Waals surface area contributed by atoms with Gasteiger partial charge in [-0.25, -0.2) is 0 Å². The van der Waals surface area contributed by atoms with Crippen LogP contribution in [0.2, 0.25) is 5.02 Å². The fourth-order valence-corrected chi connectivity index (χ4v) is 6.43. The lowest BCUT2D eigenvalue weighted by molar-refractivity contribution is -0.117. The van der Waals surface area contributed by atoms with Crippen LogP contribution in [0.1, 0.15) is 41.6 Å². The predicted octanol–water partition coefficient (Wildman–Crippen LogP) is 5.31. The minimum atomic E-state index is -2.09. The number of nitrogens with zero attached hydrogens (tertiary/aromatic N) is 4. The van der Waals surface area contributed by atoms with E-state index in [9.17, 15) is 6.17 Å². The number of carbonyl (C=O) groups is 1. The number of carbonyl (C=O) groups excluding carboxylic acids is 1. The Balaban J connectivity index is 1.46. The van der Waals surface area contributed by atoms with Crippen LogP contribution >= 0.6 is 23.1 Å². The van der Waals surface area contributed by atoms with E-state index in [4.69, 9.17) is 18.7 Å². The molecule has 0 saturated carbocycles. The normalized spacial score (nSPS) is 25.0. The molecule has 0 aliphatic carbocycles. The van der Waals surface area contributed by atoms with Gasteiger partial charge in [-0.3, -0.25) is 9.69 Å². The highest BCUT2D eigenvalue weighted by Crippen LogP contribution is 2.36. The van der Waals surface area contributed by atoms with Crippen molar-refractivity contribution in [1.29, 1.82) is 0 Å². The van der Waals surface area contributed by atoms with Crippen molar-refractivity contribution in [2.45, 2.75) is 58.6 Å². The molecular weight excluding hydrogens is 452 g/mol. The Morgan fingerprint density at radius 1 is 1.30 bits per heavy atom. The lowest BCUT2D eigenvalue weighted by Gasteiger charge is -2.47. The van der Waals surface area contributed by atoms with Gasteiger partial charge in [-0.15, -0.1) is 0 Å². The molecule has 0 N–H and O–H groups in total. The van der Waals surface area contributed by atoms with Crippen LogP contribution in [-0.4, -0.2) is 53.4 Å². The van der Waals surface area contributed by atoms with Gasteiger partial charge >= 0.3 is 0 Å². The predicted molar refractivity (Wildman–Crippen MR) is 139 cm³/mol. The summed E-state index contributed by atoms with van der Waals surface area (Å²) in [5.74, 6) is 0.923. The highest BCUT2D eigenvalue weighted by molar-refractivity contribution is 7.13. The zero-order chi connectivity index (χ0) is 26.2. The Kier molecular flexibility index (Phi) is 4.98. The van der Waals surface area contributed by atoms with Gasteiger partial charge in [0.1, 0.15) is 0 Å². The van der Waals surface area contributed by atoms with Crippen molar-refractivity contribution < 1.29 is 8.91 Å². The van der Waals surface area contributed by atoms with E-state index < -0.39 is 12.4 Å². The average Bonchev–Trinajstić information content (AvgIpc) is 3.34. The molecule has 33 heavy (non-hydrogen) atoms. The summed E-state index contributed by atoms with van der Waals surface area (Å²) in [5, 5.41) is 1.41. The van der Waals surface area contributed by atoms with Gasteiger partial charge < -0.3 is 9.80 Å². The van der Waals surface area contributed by atoms with Gasteiger partial charge in [-0.2, -0.15) is 4.37 Å². The van der Waals surface area contributed by atoms with Crippen molar-refractivity contribution in [3.05, 3.63) is 52.0 Å². The van der Waals surface area contributed by atoms with Crippen LogP contribution in [-0.2, 0) is 17.6 Å². The number of piperazine rings is 1. The molecule has 1 amide bonds. The summed E-state index contributed by atoms with van der Waals surface area (Å²) in [6.45, 7) is 9.11. The highest BCUT2D eigenvalue weighted by atomic mass is 35.5. The molecule has 0 spiro atoms. The number of likely N-dealkylation sites (N-methyl/N-ethyl adjacent to an activating group) is 1. The molecule has 3 heterocycles. The van der Waals surface area contributed by atoms with Crippen LogP contribution in [0, 0.1) is 6.92 Å². The monoisotopic (exact) mass is 485 g/mol. The quantitative estimate of drug-likeness (QED) is 0.502. The van der Waals surface area contributed by atoms with Crippen molar-refractivity contribution in [3.63, 3.8) is 0 Å². The summed E-state index contributed by atoms with van der Waals surface area (Å²) in [5.41, 5.74) is 2.90. The maximum atomic E-state index is 12.2. The second kappa shape index (κ2) is 8.57. The molecule has 3 aromatic rings. The minimum Gasteiger partial charge on any atom is -0.352 e. The summed E-state index contributed by atoms with van der Waals surface area (Å²) >= 11 is 8.09. The Hall–Kier alpha value is -2.15. The first-order valence-corrected chi connectivity index (χ1v) is 12.5. The first kappa shape index (κ1) is 19.2. The molecule has 0 radical (unpaired) electrons. The Morgan fingerprint density at radius 3 is 2.76 bits per heavy atom. The lowest BCUT2D eigenvalue weighted by atomic mass is 9.97. The molecule has 1 saturated heterocycles. The van der Waals surface area contributed by atoms with Crippen LogP contribution in [0.5, 0.6) is 0 Å². The number of benzene rings is 2. The van der Waals surface area contributed by atoms with Crippen molar-refractivity contribution in [3.8, 4) is 0 Å². The maximum absolute atomic E-state index is 12.2. The summed E-state index contributed by atoms with van der Waals surface area (Å²) < 4.78 is 33.6. The van der Waals surface area contributed by atoms with Gasteiger partial charge in [0.15, 0.2) is 5.82 Å². The minimum absolute atomic E-state index is 0.0458. The van der Waals surface area contributed by atoms with Crippen LogP contribution in [0.3, 0.4) is 0 Å². The van der Waals surface area contributed by atoms with E-state index in [2.05, 4.69) is 30.0 Å². The lowest BCUT2D eigenvalue weighted by Crippen LogP contribution is -2.60. The van der Waals surface area contributed by atoms with Crippen molar-refractivity contribution in [1.82, 2.24) is 9.27 Å². The molecule has 174 valence electrons. The standard InChI is InChI=1S/C26H31ClN4OS/c1-15-7-6-8-23-25(15)26(28-33-23)30-13-17(3)31(18(4)14-30)16(2)9-19-10-20-11-24(32)29(5)22(20)12-21(19)27/h6-8,10,12,16-18H,9,11,13-14H2,1-5H3/i9D2,16D. The van der Waals surface area contributed by atoms with E-state index in [1.54, 1.807) is 31.0 Å². The second-order valence-corrected chi connectivity index (χ2v) is 10.5. The average molecular weight is 486 g/mol. The van der Waals surface area contributed by atoms with Gasteiger partial charge in [0.25, 0.3) is 0 Å². The molecule has 3 atom stereocenters. The third kappa shape index (κ3) is 3.92. The van der Waals surface area contributed by atoms with E-state index >= 15 is 0 Å². The Bertz CT molecular complexity index is 1350. The second-order valence-electron chi connectivity index (χ2n) is 9.27. The van der Waals surface area contributed by atoms with Gasteiger partial charge in [-0.05, 0) is 74.4 Å². The molecule has 3 unspecified atom stereocenters. The number of fused-ring (bicyclic) bond motifs is 2. The van der Waals surface area contributed by atoms with Gasteiger partial charge in [-0.1, -0.05) is 29.8 Å². The summed E-state index contributed by atoms with van der Waals surface area (Å²) in [6.07, 6.45) is -1.87. The van der Waals surface area contributed by atoms with Crippen LogP contribution in [0.4, 0.5) is 11.5 Å². The molecule has 2 aromatic carbocycles. The van der Waals surface area contributed by atoms with Gasteiger partial charge in [0.05, 0.1) is 11.1 Å². The number of rotatable bonds is 4. The number of halogens is 1. The summed E-state index contributed by atoms with van der Waals surface area (Å²) in [7, 11) is 1.70. The first-order chi connectivity index (χ1) is 16.8. The van der Waals surface area contributed by atoms with Crippen LogP contribution < -0.4 is 9.80 Å². The fraction of sp³-hybridized carbons (Fsp3) is 0.462. The maximum Gasteiger partial charge on any atom is 0.231 e. The molecule has 0 bridgehead atoms. The Morgan fingerprint density at radius 2 is 2.03 bits per heavy atom. The Labute approximate surface area is 209 Å². The molecule has 2 aliphatic heterocycles. The third-order valence-electron chi connectivity index (χ3n) is 6.86. The molecule has 5 nitrogen and oxygen atoms in total. The fourth-order valence-electron chi connectivity index (χ4n) is 5.35. The van der Waals surface area contributed by atoms with E-state index in [1.165, 1.54) is 22.5 Å². The summed E-state index contributed by atoms with van der Waals surface area (Å²) in [6, 6.07) is 7.77. The molecule has 7 heteroatoms. The smallest absolute Gasteiger partial charge is 0.231 e. The first-order valence-electron chi connectivity index (χ1n) is 12.8. The van der Waals surface area contributed by atoms with Crippen molar-refractivity contribution in [2.75, 3.05) is 29.9 Å². The molecule has 1 fully saturated rings. The van der Waals surface area contributed by atoms with Gasteiger partial charge in [0, 0.05) is 58.4 Å². The number of aromatic nitrogens is 1.